The maximum Gasteiger partial charge on any atom is 0.224 e. The molecule has 0 radical (unpaired) electrons. The van der Waals surface area contributed by atoms with Gasteiger partial charge in [0.05, 0.1) is 12.7 Å². The van der Waals surface area contributed by atoms with Gasteiger partial charge >= 0.3 is 0 Å². The Morgan fingerprint density at radius 2 is 1.68 bits per heavy atom. The fraction of sp³-hybridized carbons (Fsp3) is 0. The molecule has 0 bridgehead atoms. The van der Waals surface area contributed by atoms with Crippen molar-refractivity contribution >= 4 is 63.9 Å². The molecular weight excluding hydrogens is 332 g/mol. The Hall–Kier alpha value is -0.140. The van der Waals surface area contributed by atoms with Crippen molar-refractivity contribution in [3.8, 4) is 0 Å². The average molecular weight is 341 g/mol. The molecule has 0 unspecified atom stereocenters. The van der Waals surface area contributed by atoms with Crippen LogP contribution >= 0.6 is 58.8 Å². The summed E-state index contributed by atoms with van der Waals surface area (Å²) in [6.45, 7) is 0. The van der Waals surface area contributed by atoms with E-state index in [0.29, 0.717) is 0 Å². The van der Waals surface area contributed by atoms with Gasteiger partial charge in [0.2, 0.25) is 5.12 Å². The average Bonchev–Trinajstić information content (AvgIpc) is 3.10. The van der Waals surface area contributed by atoms with Crippen molar-refractivity contribution in [2.75, 3.05) is 0 Å². The zero-order chi connectivity index (χ0) is 13.1. The predicted octanol–water partition coefficient (Wildman–Crippen LogP) is 5.92. The van der Waals surface area contributed by atoms with Crippen LogP contribution in [-0.4, -0.2) is 5.12 Å². The first kappa shape index (κ1) is 13.8. The Labute approximate surface area is 133 Å². The molecule has 1 aromatic carbocycles. The quantitative estimate of drug-likeness (QED) is 0.660. The summed E-state index contributed by atoms with van der Waals surface area (Å²) in [4.78, 5) is 12.1. The third-order valence-electron chi connectivity index (χ3n) is 2.23. The Morgan fingerprint density at radius 1 is 0.947 bits per heavy atom. The van der Waals surface area contributed by atoms with Gasteiger partial charge in [0.15, 0.2) is 0 Å². The van der Waals surface area contributed by atoms with E-state index in [4.69, 9.17) is 0 Å². The topological polar surface area (TPSA) is 17.1 Å². The van der Waals surface area contributed by atoms with Crippen LogP contribution in [0.2, 0.25) is 0 Å². The molecule has 0 amide bonds. The summed E-state index contributed by atoms with van der Waals surface area (Å²) in [5.74, 6) is 0. The zero-order valence-corrected chi connectivity index (χ0v) is 13.7. The van der Waals surface area contributed by atoms with Crippen molar-refractivity contribution in [2.45, 2.75) is 0 Å². The molecule has 0 aliphatic carbocycles. The molecule has 0 N–H and O–H groups in total. The van der Waals surface area contributed by atoms with Crippen molar-refractivity contribution in [2.24, 2.45) is 0 Å². The molecule has 0 atom stereocenters. The summed E-state index contributed by atoms with van der Waals surface area (Å²) in [5, 5.41) is 6.36. The highest BCUT2D eigenvalue weighted by molar-refractivity contribution is 8.40. The van der Waals surface area contributed by atoms with Crippen LogP contribution in [0.4, 0.5) is 0 Å². The highest BCUT2D eigenvalue weighted by atomic mass is 32.2. The second kappa shape index (κ2) is 6.54. The fourth-order valence-corrected chi connectivity index (χ4v) is 7.04. The van der Waals surface area contributed by atoms with Crippen molar-refractivity contribution in [1.82, 2.24) is 0 Å². The Kier molecular flexibility index (Phi) is 4.76. The first-order chi connectivity index (χ1) is 9.33. The van der Waals surface area contributed by atoms with Crippen molar-refractivity contribution < 1.29 is 4.79 Å². The lowest BCUT2D eigenvalue weighted by atomic mass is 10.2. The molecule has 0 saturated heterocycles. The van der Waals surface area contributed by atoms with Crippen LogP contribution in [0, 0.1) is 0 Å². The van der Waals surface area contributed by atoms with Gasteiger partial charge in [-0.1, -0.05) is 77.4 Å². The molecule has 0 fully saturated rings. The maximum atomic E-state index is 12.1. The minimum atomic E-state index is 0.107. The lowest BCUT2D eigenvalue weighted by Gasteiger charge is -2.02. The molecule has 0 aromatic heterocycles. The normalized spacial score (nSPS) is 18.0. The van der Waals surface area contributed by atoms with E-state index in [-0.39, 0.29) is 5.12 Å². The van der Waals surface area contributed by atoms with E-state index in [0.717, 1.165) is 9.80 Å². The Morgan fingerprint density at radius 3 is 2.42 bits per heavy atom. The van der Waals surface area contributed by atoms with E-state index in [2.05, 4.69) is 16.2 Å². The largest absolute Gasteiger partial charge is 0.281 e. The van der Waals surface area contributed by atoms with Crippen LogP contribution in [0.15, 0.2) is 59.3 Å². The third-order valence-corrected chi connectivity index (χ3v) is 8.44. The van der Waals surface area contributed by atoms with Crippen LogP contribution in [-0.2, 0) is 0 Å². The molecule has 6 heteroatoms. The van der Waals surface area contributed by atoms with Crippen molar-refractivity contribution in [3.63, 3.8) is 0 Å². The number of carbonyl (C=O) groups excluding carboxylic acids is 1. The van der Waals surface area contributed by atoms with E-state index < -0.39 is 0 Å². The monoisotopic (exact) mass is 340 g/mol. The lowest BCUT2D eigenvalue weighted by Crippen LogP contribution is -1.91. The molecule has 2 heterocycles. The second-order valence-electron chi connectivity index (χ2n) is 3.50. The molecule has 0 saturated carbocycles. The minimum absolute atomic E-state index is 0.107. The molecule has 1 nitrogen and oxygen atoms in total. The summed E-state index contributed by atoms with van der Waals surface area (Å²) in [6.07, 6.45) is 0. The Bertz CT molecular complexity index is 578. The zero-order valence-electron chi connectivity index (χ0n) is 9.57. The maximum absolute atomic E-state index is 12.1. The second-order valence-corrected chi connectivity index (χ2v) is 9.05. The SMILES string of the molecule is O=C(SC1=CSC(=C2SC=CS2)S1)c1ccccc1. The molecule has 3 rings (SSSR count). The summed E-state index contributed by atoms with van der Waals surface area (Å²) in [5.41, 5.74) is 0.756. The first-order valence-corrected chi connectivity index (χ1v) is 9.64. The van der Waals surface area contributed by atoms with Crippen LogP contribution < -0.4 is 0 Å². The number of hydrogen-bond donors (Lipinski definition) is 0. The van der Waals surface area contributed by atoms with Gasteiger partial charge in [-0.15, -0.1) is 0 Å². The first-order valence-electron chi connectivity index (χ1n) is 5.37. The van der Waals surface area contributed by atoms with Gasteiger partial charge in [0, 0.05) is 5.56 Å². The molecule has 0 spiro atoms. The van der Waals surface area contributed by atoms with Crippen LogP contribution in [0.25, 0.3) is 0 Å². The van der Waals surface area contributed by atoms with E-state index in [1.165, 1.54) is 20.2 Å². The van der Waals surface area contributed by atoms with E-state index in [9.17, 15) is 4.79 Å². The highest BCUT2D eigenvalue weighted by Gasteiger charge is 2.21. The summed E-state index contributed by atoms with van der Waals surface area (Å²) >= 11 is 8.22. The van der Waals surface area contributed by atoms with Gasteiger partial charge in [-0.2, -0.15) is 0 Å². The molecule has 96 valence electrons. The van der Waals surface area contributed by atoms with Crippen LogP contribution in [0.5, 0.6) is 0 Å². The van der Waals surface area contributed by atoms with E-state index >= 15 is 0 Å². The summed E-state index contributed by atoms with van der Waals surface area (Å²) < 4.78 is 3.66. The molecule has 2 aliphatic heterocycles. The van der Waals surface area contributed by atoms with Gasteiger partial charge in [0.1, 0.15) is 0 Å². The standard InChI is InChI=1S/C13H8OS5/c14-11(9-4-2-1-3-5-9)18-10-8-17-13(19-10)12-15-6-7-16-12/h1-8H. The van der Waals surface area contributed by atoms with Crippen molar-refractivity contribution in [1.29, 1.82) is 0 Å². The number of rotatable bonds is 2. The highest BCUT2D eigenvalue weighted by Crippen LogP contribution is 2.55. The van der Waals surface area contributed by atoms with Gasteiger partial charge in [-0.25, -0.2) is 0 Å². The number of benzene rings is 1. The van der Waals surface area contributed by atoms with E-state index in [1.807, 2.05) is 30.3 Å². The van der Waals surface area contributed by atoms with Crippen LogP contribution in [0.3, 0.4) is 0 Å². The third kappa shape index (κ3) is 3.49. The molecule has 19 heavy (non-hydrogen) atoms. The smallest absolute Gasteiger partial charge is 0.224 e. The van der Waals surface area contributed by atoms with Gasteiger partial charge in [-0.05, 0) is 28.0 Å². The van der Waals surface area contributed by atoms with Crippen LogP contribution in [0.1, 0.15) is 10.4 Å². The summed E-state index contributed by atoms with van der Waals surface area (Å²) in [7, 11) is 0. The van der Waals surface area contributed by atoms with Gasteiger partial charge < -0.3 is 0 Å². The van der Waals surface area contributed by atoms with E-state index in [1.54, 1.807) is 47.0 Å². The van der Waals surface area contributed by atoms with Gasteiger partial charge in [0.25, 0.3) is 0 Å². The lowest BCUT2D eigenvalue weighted by molar-refractivity contribution is 0.109. The van der Waals surface area contributed by atoms with Crippen molar-refractivity contribution in [3.05, 3.63) is 64.8 Å². The molecular formula is C13H8OS5. The van der Waals surface area contributed by atoms with Gasteiger partial charge in [-0.3, -0.25) is 4.79 Å². The molecule has 2 aliphatic rings. The minimum Gasteiger partial charge on any atom is -0.281 e. The Balaban J connectivity index is 1.63. The molecule has 1 aromatic rings. The fourth-order valence-electron chi connectivity index (χ4n) is 1.40. The summed E-state index contributed by atoms with van der Waals surface area (Å²) in [6, 6.07) is 9.42. The number of carbonyl (C=O) groups is 1. The number of thioether (sulfide) groups is 5. The number of hydrogen-bond acceptors (Lipinski definition) is 6. The predicted molar refractivity (Wildman–Crippen MR) is 93.0 cm³/mol.